The van der Waals surface area contributed by atoms with E-state index < -0.39 is 0 Å². The van der Waals surface area contributed by atoms with Crippen molar-refractivity contribution in [1.29, 1.82) is 0 Å². The predicted octanol–water partition coefficient (Wildman–Crippen LogP) is 1.86. The highest BCUT2D eigenvalue weighted by molar-refractivity contribution is 7.10. The smallest absolute Gasteiger partial charge is 0.216 e. The molecular weight excluding hydrogens is 284 g/mol. The van der Waals surface area contributed by atoms with Crippen molar-refractivity contribution in [1.82, 2.24) is 14.7 Å². The van der Waals surface area contributed by atoms with Crippen LogP contribution in [0.25, 0.3) is 0 Å². The minimum atomic E-state index is 0.154. The van der Waals surface area contributed by atoms with E-state index in [4.69, 9.17) is 10.5 Å². The molecular formula is C15H22N4OS. The van der Waals surface area contributed by atoms with Crippen molar-refractivity contribution in [3.63, 3.8) is 0 Å². The van der Waals surface area contributed by atoms with Crippen molar-refractivity contribution < 1.29 is 4.74 Å². The molecule has 3 heterocycles. The second-order valence-corrected chi connectivity index (χ2v) is 6.47. The molecule has 6 heteroatoms. The number of hydrogen-bond acceptors (Lipinski definition) is 5. The van der Waals surface area contributed by atoms with Crippen LogP contribution < -0.4 is 10.5 Å². The molecule has 2 N–H and O–H groups in total. The predicted molar refractivity (Wildman–Crippen MR) is 84.7 cm³/mol. The van der Waals surface area contributed by atoms with Gasteiger partial charge < -0.3 is 10.5 Å². The first-order chi connectivity index (χ1) is 10.2. The van der Waals surface area contributed by atoms with Crippen molar-refractivity contribution in [2.24, 2.45) is 12.8 Å². The van der Waals surface area contributed by atoms with Gasteiger partial charge in [-0.05, 0) is 30.4 Å². The van der Waals surface area contributed by atoms with E-state index in [1.165, 1.54) is 10.4 Å². The summed E-state index contributed by atoms with van der Waals surface area (Å²) in [6.45, 7) is 4.59. The zero-order chi connectivity index (χ0) is 15.0. The minimum absolute atomic E-state index is 0.154. The fourth-order valence-corrected chi connectivity index (χ4v) is 4.15. The Kier molecular flexibility index (Phi) is 4.01. The fourth-order valence-electron chi connectivity index (χ4n) is 3.26. The number of thiophene rings is 1. The van der Waals surface area contributed by atoms with Gasteiger partial charge in [0.05, 0.1) is 24.4 Å². The zero-order valence-electron chi connectivity index (χ0n) is 12.8. The number of aryl methyl sites for hydroxylation is 2. The van der Waals surface area contributed by atoms with E-state index in [1.54, 1.807) is 11.8 Å². The highest BCUT2D eigenvalue weighted by Crippen LogP contribution is 2.35. The highest BCUT2D eigenvalue weighted by atomic mass is 32.1. The molecule has 3 rings (SSSR count). The topological polar surface area (TPSA) is 56.3 Å². The van der Waals surface area contributed by atoms with Crippen molar-refractivity contribution in [2.45, 2.75) is 25.9 Å². The second kappa shape index (κ2) is 5.79. The van der Waals surface area contributed by atoms with Gasteiger partial charge in [-0.1, -0.05) is 0 Å². The summed E-state index contributed by atoms with van der Waals surface area (Å²) in [5.74, 6) is 0.819. The van der Waals surface area contributed by atoms with Crippen LogP contribution in [0.2, 0.25) is 0 Å². The first-order valence-electron chi connectivity index (χ1n) is 7.22. The Labute approximate surface area is 129 Å². The molecule has 21 heavy (non-hydrogen) atoms. The number of methoxy groups -OCH3 is 1. The van der Waals surface area contributed by atoms with Crippen LogP contribution in [0.3, 0.4) is 0 Å². The van der Waals surface area contributed by atoms with Crippen molar-refractivity contribution in [2.75, 3.05) is 20.2 Å². The van der Waals surface area contributed by atoms with Crippen molar-refractivity contribution >= 4 is 11.3 Å². The third-order valence-electron chi connectivity index (χ3n) is 4.24. The maximum Gasteiger partial charge on any atom is 0.216 e. The molecule has 0 amide bonds. The molecule has 2 aromatic heterocycles. The summed E-state index contributed by atoms with van der Waals surface area (Å²) in [6.07, 6.45) is 1.10. The average Bonchev–Trinajstić information content (AvgIpc) is 3.04. The summed E-state index contributed by atoms with van der Waals surface area (Å²) >= 11 is 1.86. The van der Waals surface area contributed by atoms with E-state index >= 15 is 0 Å². The van der Waals surface area contributed by atoms with Gasteiger partial charge in [-0.25, -0.2) is 4.68 Å². The largest absolute Gasteiger partial charge is 0.481 e. The highest BCUT2D eigenvalue weighted by Gasteiger charge is 2.30. The molecule has 0 saturated heterocycles. The molecule has 0 fully saturated rings. The SMILES string of the molecule is COc1c(C(CN)N2CCc3sccc3C2)c(C)nn1C. The maximum atomic E-state index is 6.10. The summed E-state index contributed by atoms with van der Waals surface area (Å²) in [7, 11) is 3.61. The summed E-state index contributed by atoms with van der Waals surface area (Å²) in [6, 6.07) is 2.38. The Hall–Kier alpha value is -1.37. The van der Waals surface area contributed by atoms with Crippen molar-refractivity contribution in [3.8, 4) is 5.88 Å². The molecule has 0 radical (unpaired) electrons. The van der Waals surface area contributed by atoms with Crippen molar-refractivity contribution in [3.05, 3.63) is 33.1 Å². The van der Waals surface area contributed by atoms with Gasteiger partial charge in [-0.3, -0.25) is 4.90 Å². The quantitative estimate of drug-likeness (QED) is 0.937. The number of aromatic nitrogens is 2. The third-order valence-corrected chi connectivity index (χ3v) is 5.26. The Morgan fingerprint density at radius 2 is 2.33 bits per heavy atom. The first-order valence-corrected chi connectivity index (χ1v) is 8.10. The molecule has 1 aliphatic rings. The number of nitrogens with zero attached hydrogens (tertiary/aromatic N) is 3. The first kappa shape index (κ1) is 14.6. The Morgan fingerprint density at radius 1 is 1.52 bits per heavy atom. The monoisotopic (exact) mass is 306 g/mol. The lowest BCUT2D eigenvalue weighted by molar-refractivity contribution is 0.180. The molecule has 0 bridgehead atoms. The Balaban J connectivity index is 1.93. The van der Waals surface area contributed by atoms with Gasteiger partial charge in [-0.2, -0.15) is 5.10 Å². The van der Waals surface area contributed by atoms with Crippen LogP contribution in [-0.2, 0) is 20.0 Å². The maximum absolute atomic E-state index is 6.10. The average molecular weight is 306 g/mol. The lowest BCUT2D eigenvalue weighted by Gasteiger charge is -2.34. The molecule has 5 nitrogen and oxygen atoms in total. The second-order valence-electron chi connectivity index (χ2n) is 5.47. The Bertz CT molecular complexity index is 634. The van der Waals surface area contributed by atoms with Crippen LogP contribution in [0.1, 0.15) is 27.7 Å². The van der Waals surface area contributed by atoms with Crippen LogP contribution >= 0.6 is 11.3 Å². The summed E-state index contributed by atoms with van der Waals surface area (Å²) in [5.41, 5.74) is 9.66. The van der Waals surface area contributed by atoms with E-state index in [-0.39, 0.29) is 6.04 Å². The fraction of sp³-hybridized carbons (Fsp3) is 0.533. The molecule has 0 aromatic carbocycles. The van der Waals surface area contributed by atoms with Crippen LogP contribution in [0, 0.1) is 6.92 Å². The third kappa shape index (κ3) is 2.47. The molecule has 0 aliphatic carbocycles. The molecule has 114 valence electrons. The summed E-state index contributed by atoms with van der Waals surface area (Å²) < 4.78 is 7.34. The molecule has 1 atom stereocenters. The molecule has 2 aromatic rings. The van der Waals surface area contributed by atoms with Gasteiger partial charge in [0.15, 0.2) is 0 Å². The standard InChI is InChI=1S/C15H22N4OS/c1-10-14(15(20-3)18(2)17-10)12(8-16)19-6-4-13-11(9-19)5-7-21-13/h5,7,12H,4,6,8-9,16H2,1-3H3. The van der Waals surface area contributed by atoms with Crippen LogP contribution in [0.5, 0.6) is 5.88 Å². The van der Waals surface area contributed by atoms with Crippen LogP contribution in [0.15, 0.2) is 11.4 Å². The van der Waals surface area contributed by atoms with Gasteiger partial charge in [-0.15, -0.1) is 11.3 Å². The summed E-state index contributed by atoms with van der Waals surface area (Å²) in [4.78, 5) is 3.96. The van der Waals surface area contributed by atoms with E-state index in [0.29, 0.717) is 6.54 Å². The van der Waals surface area contributed by atoms with Gasteiger partial charge >= 0.3 is 0 Å². The molecule has 0 saturated carbocycles. The minimum Gasteiger partial charge on any atom is -0.481 e. The zero-order valence-corrected chi connectivity index (χ0v) is 13.6. The van der Waals surface area contributed by atoms with Gasteiger partial charge in [0.25, 0.3) is 0 Å². The van der Waals surface area contributed by atoms with Gasteiger partial charge in [0, 0.05) is 31.6 Å². The lowest BCUT2D eigenvalue weighted by atomic mass is 10.0. The lowest BCUT2D eigenvalue weighted by Crippen LogP contribution is -2.37. The normalized spacial score (nSPS) is 16.8. The Morgan fingerprint density at radius 3 is 3.05 bits per heavy atom. The number of rotatable bonds is 4. The van der Waals surface area contributed by atoms with E-state index in [1.807, 2.05) is 25.3 Å². The van der Waals surface area contributed by atoms with E-state index in [2.05, 4.69) is 21.4 Å². The van der Waals surface area contributed by atoms with E-state index in [9.17, 15) is 0 Å². The van der Waals surface area contributed by atoms with Gasteiger partial charge in [0.1, 0.15) is 0 Å². The number of nitrogens with two attached hydrogens (primary N) is 1. The van der Waals surface area contributed by atoms with Gasteiger partial charge in [0.2, 0.25) is 5.88 Å². The summed E-state index contributed by atoms with van der Waals surface area (Å²) in [5, 5.41) is 6.67. The van der Waals surface area contributed by atoms with E-state index in [0.717, 1.165) is 36.6 Å². The molecule has 0 spiro atoms. The van der Waals surface area contributed by atoms with Crippen LogP contribution in [-0.4, -0.2) is 34.9 Å². The number of hydrogen-bond donors (Lipinski definition) is 1. The number of fused-ring (bicyclic) bond motifs is 1. The number of ether oxygens (including phenoxy) is 1. The molecule has 1 unspecified atom stereocenters. The van der Waals surface area contributed by atoms with Crippen LogP contribution in [0.4, 0.5) is 0 Å². The molecule has 1 aliphatic heterocycles.